The minimum absolute atomic E-state index is 0.225. The van der Waals surface area contributed by atoms with Crippen molar-refractivity contribution in [2.24, 2.45) is 0 Å². The van der Waals surface area contributed by atoms with Crippen LogP contribution in [0, 0.1) is 6.92 Å². The maximum atomic E-state index is 12.7. The van der Waals surface area contributed by atoms with Gasteiger partial charge in [-0.15, -0.1) is 11.8 Å². The molecule has 1 unspecified atom stereocenters. The van der Waals surface area contributed by atoms with Gasteiger partial charge in [0.25, 0.3) is 5.91 Å². The maximum Gasteiger partial charge on any atom is 0.327 e. The molecule has 2 heterocycles. The van der Waals surface area contributed by atoms with Crippen LogP contribution in [0.15, 0.2) is 71.9 Å². The number of nitrogens with one attached hydrogen (secondary N) is 2. The Balaban J connectivity index is 1.47. The van der Waals surface area contributed by atoms with Crippen LogP contribution in [0.25, 0.3) is 22.4 Å². The minimum atomic E-state index is -1.07. The summed E-state index contributed by atoms with van der Waals surface area (Å²) in [5, 5.41) is 12.2. The number of rotatable bonds is 7. The van der Waals surface area contributed by atoms with Crippen molar-refractivity contribution >= 4 is 34.7 Å². The standard InChI is InChI=1S/C23H20N4O3S/c1-14-2-5-17(6-3-14)31-13-20(23(29)30)27-22(28)16-4-7-18-19(12-16)26-21(25-18)15-8-10-24-11-9-15/h2-12,20H,13H2,1H3,(H,25,26)(H,27,28)(H,29,30). The molecule has 3 N–H and O–H groups in total. The molecule has 0 aliphatic heterocycles. The van der Waals surface area contributed by atoms with Gasteiger partial charge in [-0.2, -0.15) is 0 Å². The number of aliphatic carboxylic acids is 1. The fourth-order valence-corrected chi connectivity index (χ4v) is 3.94. The summed E-state index contributed by atoms with van der Waals surface area (Å²) in [6, 6.07) is 15.5. The third-order valence-electron chi connectivity index (χ3n) is 4.74. The molecule has 31 heavy (non-hydrogen) atoms. The highest BCUT2D eigenvalue weighted by atomic mass is 32.2. The van der Waals surface area contributed by atoms with Crippen molar-refractivity contribution in [3.63, 3.8) is 0 Å². The summed E-state index contributed by atoms with van der Waals surface area (Å²) in [6.45, 7) is 1.99. The monoisotopic (exact) mass is 432 g/mol. The number of aryl methyl sites for hydroxylation is 1. The zero-order valence-electron chi connectivity index (χ0n) is 16.7. The summed E-state index contributed by atoms with van der Waals surface area (Å²) >= 11 is 1.39. The van der Waals surface area contributed by atoms with Crippen LogP contribution in [0.5, 0.6) is 0 Å². The molecule has 0 spiro atoms. The smallest absolute Gasteiger partial charge is 0.327 e. The Bertz CT molecular complexity index is 1220. The molecule has 8 heteroatoms. The molecular formula is C23H20N4O3S. The van der Waals surface area contributed by atoms with Gasteiger partial charge in [-0.1, -0.05) is 17.7 Å². The van der Waals surface area contributed by atoms with Gasteiger partial charge in [0.1, 0.15) is 11.9 Å². The molecule has 1 atom stereocenters. The van der Waals surface area contributed by atoms with Gasteiger partial charge in [-0.3, -0.25) is 9.78 Å². The van der Waals surface area contributed by atoms with E-state index in [1.54, 1.807) is 30.6 Å². The molecule has 2 aromatic carbocycles. The van der Waals surface area contributed by atoms with E-state index in [0.717, 1.165) is 16.0 Å². The average Bonchev–Trinajstić information content (AvgIpc) is 3.21. The number of benzene rings is 2. The van der Waals surface area contributed by atoms with Crippen molar-refractivity contribution in [1.82, 2.24) is 20.3 Å². The van der Waals surface area contributed by atoms with Gasteiger partial charge >= 0.3 is 5.97 Å². The van der Waals surface area contributed by atoms with Crippen molar-refractivity contribution in [3.8, 4) is 11.4 Å². The summed E-state index contributed by atoms with van der Waals surface area (Å²) in [5.74, 6) is -0.620. The molecule has 4 aromatic rings. The molecule has 0 saturated carbocycles. The highest BCUT2D eigenvalue weighted by molar-refractivity contribution is 7.99. The van der Waals surface area contributed by atoms with E-state index in [0.29, 0.717) is 22.4 Å². The van der Waals surface area contributed by atoms with Crippen LogP contribution in [-0.2, 0) is 4.79 Å². The number of thioether (sulfide) groups is 1. The summed E-state index contributed by atoms with van der Waals surface area (Å²) in [6.07, 6.45) is 3.37. The Kier molecular flexibility index (Phi) is 5.99. The van der Waals surface area contributed by atoms with Crippen LogP contribution in [0.1, 0.15) is 15.9 Å². The first-order valence-corrected chi connectivity index (χ1v) is 10.6. The predicted octanol–water partition coefficient (Wildman–Crippen LogP) is 3.91. The number of aromatic nitrogens is 3. The molecule has 0 saturated heterocycles. The van der Waals surface area contributed by atoms with Crippen LogP contribution in [-0.4, -0.2) is 43.7 Å². The molecule has 0 aliphatic rings. The minimum Gasteiger partial charge on any atom is -0.480 e. The second kappa shape index (κ2) is 9.01. The third kappa shape index (κ3) is 4.92. The lowest BCUT2D eigenvalue weighted by Crippen LogP contribution is -2.42. The number of hydrogen-bond acceptors (Lipinski definition) is 5. The van der Waals surface area contributed by atoms with Crippen LogP contribution in [0.4, 0.5) is 0 Å². The van der Waals surface area contributed by atoms with E-state index >= 15 is 0 Å². The van der Waals surface area contributed by atoms with Crippen LogP contribution < -0.4 is 5.32 Å². The number of imidazole rings is 1. The van der Waals surface area contributed by atoms with Gasteiger partial charge in [-0.05, 0) is 49.4 Å². The second-order valence-corrected chi connectivity index (χ2v) is 8.13. The Morgan fingerprint density at radius 2 is 1.84 bits per heavy atom. The molecule has 0 radical (unpaired) electrons. The van der Waals surface area contributed by atoms with Gasteiger partial charge in [0, 0.05) is 34.2 Å². The molecule has 1 amide bonds. The number of pyridine rings is 1. The lowest BCUT2D eigenvalue weighted by Gasteiger charge is -2.14. The first kappa shape index (κ1) is 20.6. The molecule has 0 bridgehead atoms. The summed E-state index contributed by atoms with van der Waals surface area (Å²) < 4.78 is 0. The number of fused-ring (bicyclic) bond motifs is 1. The molecule has 156 valence electrons. The SMILES string of the molecule is Cc1ccc(SCC(NC(=O)c2ccc3nc(-c4ccncc4)[nH]c3c2)C(=O)O)cc1. The number of amides is 1. The van der Waals surface area contributed by atoms with Gasteiger partial charge in [0.15, 0.2) is 0 Å². The zero-order chi connectivity index (χ0) is 21.8. The van der Waals surface area contributed by atoms with Gasteiger partial charge in [-0.25, -0.2) is 9.78 Å². The Morgan fingerprint density at radius 3 is 2.55 bits per heavy atom. The summed E-state index contributed by atoms with van der Waals surface area (Å²) in [4.78, 5) is 37.0. The average molecular weight is 433 g/mol. The molecule has 2 aromatic heterocycles. The van der Waals surface area contributed by atoms with Crippen molar-refractivity contribution in [2.45, 2.75) is 17.9 Å². The molecule has 0 aliphatic carbocycles. The van der Waals surface area contributed by atoms with Crippen molar-refractivity contribution < 1.29 is 14.7 Å². The third-order valence-corrected chi connectivity index (χ3v) is 5.84. The second-order valence-electron chi connectivity index (χ2n) is 7.04. The highest BCUT2D eigenvalue weighted by Gasteiger charge is 2.21. The highest BCUT2D eigenvalue weighted by Crippen LogP contribution is 2.22. The maximum absolute atomic E-state index is 12.7. The normalized spacial score (nSPS) is 11.9. The van der Waals surface area contributed by atoms with E-state index in [-0.39, 0.29) is 5.75 Å². The largest absolute Gasteiger partial charge is 0.480 e. The lowest BCUT2D eigenvalue weighted by molar-refractivity contribution is -0.138. The first-order chi connectivity index (χ1) is 15.0. The van der Waals surface area contributed by atoms with Crippen molar-refractivity contribution in [3.05, 3.63) is 78.1 Å². The quantitative estimate of drug-likeness (QED) is 0.382. The number of H-pyrrole nitrogens is 1. The lowest BCUT2D eigenvalue weighted by atomic mass is 10.2. The number of hydrogen-bond donors (Lipinski definition) is 3. The first-order valence-electron chi connectivity index (χ1n) is 9.63. The van der Waals surface area contributed by atoms with Gasteiger partial charge in [0.05, 0.1) is 11.0 Å². The van der Waals surface area contributed by atoms with Gasteiger partial charge < -0.3 is 15.4 Å². The number of carbonyl (C=O) groups is 2. The number of carboxylic acids is 1. The van der Waals surface area contributed by atoms with E-state index in [2.05, 4.69) is 20.3 Å². The van der Waals surface area contributed by atoms with E-state index < -0.39 is 17.9 Å². The van der Waals surface area contributed by atoms with E-state index in [9.17, 15) is 14.7 Å². The van der Waals surface area contributed by atoms with E-state index in [1.165, 1.54) is 11.8 Å². The van der Waals surface area contributed by atoms with Crippen LogP contribution in [0.3, 0.4) is 0 Å². The fourth-order valence-electron chi connectivity index (χ4n) is 3.03. The summed E-state index contributed by atoms with van der Waals surface area (Å²) in [7, 11) is 0. The zero-order valence-corrected chi connectivity index (χ0v) is 17.5. The number of aromatic amines is 1. The number of carbonyl (C=O) groups excluding carboxylic acids is 1. The van der Waals surface area contributed by atoms with Crippen molar-refractivity contribution in [2.75, 3.05) is 5.75 Å². The predicted molar refractivity (Wildman–Crippen MR) is 120 cm³/mol. The molecule has 7 nitrogen and oxygen atoms in total. The fraction of sp³-hybridized carbons (Fsp3) is 0.130. The molecule has 4 rings (SSSR count). The Morgan fingerprint density at radius 1 is 1.10 bits per heavy atom. The van der Waals surface area contributed by atoms with Crippen molar-refractivity contribution in [1.29, 1.82) is 0 Å². The topological polar surface area (TPSA) is 108 Å². The number of nitrogens with zero attached hydrogens (tertiary/aromatic N) is 2. The van der Waals surface area contributed by atoms with E-state index in [4.69, 9.17) is 0 Å². The van der Waals surface area contributed by atoms with Crippen LogP contribution in [0.2, 0.25) is 0 Å². The van der Waals surface area contributed by atoms with Crippen LogP contribution >= 0.6 is 11.8 Å². The Hall–Kier alpha value is -3.65. The van der Waals surface area contributed by atoms with Gasteiger partial charge in [0.2, 0.25) is 0 Å². The van der Waals surface area contributed by atoms with E-state index in [1.807, 2.05) is 43.3 Å². The molecular weight excluding hydrogens is 412 g/mol. The Labute approximate surface area is 182 Å². The number of carboxylic acid groups (broad SMARTS) is 1. The molecule has 0 fully saturated rings. The summed E-state index contributed by atoms with van der Waals surface area (Å²) in [5.41, 5.74) is 3.79.